The van der Waals surface area contributed by atoms with Crippen LogP contribution in [0, 0.1) is 0 Å². The van der Waals surface area contributed by atoms with Crippen molar-refractivity contribution < 1.29 is 4.79 Å². The van der Waals surface area contributed by atoms with E-state index in [4.69, 9.17) is 5.73 Å². The van der Waals surface area contributed by atoms with E-state index in [1.807, 2.05) is 30.3 Å². The normalized spacial score (nSPS) is 23.4. The van der Waals surface area contributed by atoms with Crippen LogP contribution in [0.15, 0.2) is 30.3 Å². The van der Waals surface area contributed by atoms with E-state index in [-0.39, 0.29) is 17.5 Å². The third-order valence-corrected chi connectivity index (χ3v) is 3.56. The van der Waals surface area contributed by atoms with Crippen molar-refractivity contribution in [1.82, 2.24) is 5.32 Å². The number of amides is 1. The minimum atomic E-state index is -0.301. The fourth-order valence-electron chi connectivity index (χ4n) is 2.60. The summed E-state index contributed by atoms with van der Waals surface area (Å²) in [6, 6.07) is 9.71. The molecular formula is C14H21N3O. The van der Waals surface area contributed by atoms with E-state index in [1.54, 1.807) is 0 Å². The third kappa shape index (κ3) is 2.34. The van der Waals surface area contributed by atoms with Gasteiger partial charge in [-0.15, -0.1) is 0 Å². The average molecular weight is 247 g/mol. The van der Waals surface area contributed by atoms with Crippen molar-refractivity contribution >= 4 is 11.6 Å². The summed E-state index contributed by atoms with van der Waals surface area (Å²) in [6.07, 6.45) is 0.907. The Kier molecular flexibility index (Phi) is 3.57. The second-order valence-corrected chi connectivity index (χ2v) is 5.31. The summed E-state index contributed by atoms with van der Waals surface area (Å²) in [6.45, 7) is 5.34. The maximum absolute atomic E-state index is 12.1. The first kappa shape index (κ1) is 12.9. The second kappa shape index (κ2) is 4.98. The highest BCUT2D eigenvalue weighted by molar-refractivity contribution is 5.86. The molecule has 0 saturated carbocycles. The molecule has 0 aromatic heterocycles. The minimum Gasteiger partial charge on any atom is -0.354 e. The van der Waals surface area contributed by atoms with Crippen LogP contribution in [0.1, 0.15) is 20.3 Å². The molecule has 0 radical (unpaired) electrons. The topological polar surface area (TPSA) is 58.4 Å². The molecule has 4 heteroatoms. The molecule has 1 heterocycles. The van der Waals surface area contributed by atoms with Crippen molar-refractivity contribution in [3.8, 4) is 0 Å². The predicted octanol–water partition coefficient (Wildman–Crippen LogP) is 1.12. The van der Waals surface area contributed by atoms with Crippen molar-refractivity contribution in [3.63, 3.8) is 0 Å². The number of nitrogens with one attached hydrogen (secondary N) is 1. The zero-order chi connectivity index (χ0) is 13.2. The van der Waals surface area contributed by atoms with Gasteiger partial charge in [0, 0.05) is 24.3 Å². The van der Waals surface area contributed by atoms with E-state index in [1.165, 1.54) is 0 Å². The summed E-state index contributed by atoms with van der Waals surface area (Å²) >= 11 is 0. The van der Waals surface area contributed by atoms with Crippen molar-refractivity contribution in [3.05, 3.63) is 30.3 Å². The van der Waals surface area contributed by atoms with Crippen LogP contribution in [-0.2, 0) is 4.79 Å². The lowest BCUT2D eigenvalue weighted by Crippen LogP contribution is -2.56. The Morgan fingerprint density at radius 3 is 2.67 bits per heavy atom. The molecule has 1 amide bonds. The molecular weight excluding hydrogens is 226 g/mol. The molecule has 1 aromatic rings. The number of nitrogens with zero attached hydrogens (tertiary/aromatic N) is 1. The molecule has 1 atom stereocenters. The van der Waals surface area contributed by atoms with Gasteiger partial charge in [0.1, 0.15) is 6.04 Å². The van der Waals surface area contributed by atoms with Gasteiger partial charge in [0.2, 0.25) is 5.91 Å². The first-order valence-electron chi connectivity index (χ1n) is 6.38. The Balaban J connectivity index is 2.44. The molecule has 1 aliphatic heterocycles. The molecule has 0 bridgehead atoms. The Morgan fingerprint density at radius 1 is 1.39 bits per heavy atom. The molecule has 3 N–H and O–H groups in total. The molecule has 0 aliphatic carbocycles. The highest BCUT2D eigenvalue weighted by atomic mass is 16.2. The number of carbonyl (C=O) groups excluding carboxylic acids is 1. The molecule has 4 nitrogen and oxygen atoms in total. The van der Waals surface area contributed by atoms with Gasteiger partial charge in [0.15, 0.2) is 0 Å². The first-order valence-corrected chi connectivity index (χ1v) is 6.38. The Labute approximate surface area is 108 Å². The van der Waals surface area contributed by atoms with Crippen molar-refractivity contribution in [2.45, 2.75) is 31.8 Å². The number of carbonyl (C=O) groups is 1. The summed E-state index contributed by atoms with van der Waals surface area (Å²) in [5, 5.41) is 2.94. The van der Waals surface area contributed by atoms with Gasteiger partial charge in [-0.05, 0) is 32.4 Å². The molecule has 2 rings (SSSR count). The highest BCUT2D eigenvalue weighted by Gasteiger charge is 2.38. The van der Waals surface area contributed by atoms with Gasteiger partial charge in [-0.25, -0.2) is 0 Å². The van der Waals surface area contributed by atoms with E-state index in [9.17, 15) is 4.79 Å². The Hall–Kier alpha value is -1.55. The average Bonchev–Trinajstić information content (AvgIpc) is 2.46. The smallest absolute Gasteiger partial charge is 0.244 e. The number of nitrogens with two attached hydrogens (primary N) is 1. The minimum absolute atomic E-state index is 0.0203. The summed E-state index contributed by atoms with van der Waals surface area (Å²) in [7, 11) is 0. The quantitative estimate of drug-likeness (QED) is 0.823. The van der Waals surface area contributed by atoms with Gasteiger partial charge in [-0.3, -0.25) is 4.79 Å². The molecule has 1 aliphatic rings. The van der Waals surface area contributed by atoms with E-state index < -0.39 is 0 Å². The van der Waals surface area contributed by atoms with Crippen LogP contribution in [0.5, 0.6) is 0 Å². The maximum atomic E-state index is 12.1. The van der Waals surface area contributed by atoms with Crippen LogP contribution < -0.4 is 16.0 Å². The molecule has 18 heavy (non-hydrogen) atoms. The largest absolute Gasteiger partial charge is 0.354 e. The number of hydrogen-bond donors (Lipinski definition) is 2. The standard InChI is InChI=1S/C14H21N3O/c1-14(2)8-9-16-13(18)12(10-15)17(14)11-6-4-3-5-7-11/h3-7,12H,8-10,15H2,1-2H3,(H,16,18). The van der Waals surface area contributed by atoms with Crippen LogP contribution in [0.3, 0.4) is 0 Å². The maximum Gasteiger partial charge on any atom is 0.244 e. The first-order chi connectivity index (χ1) is 8.56. The summed E-state index contributed by atoms with van der Waals surface area (Å²) < 4.78 is 0. The molecule has 1 aromatic carbocycles. The number of hydrogen-bond acceptors (Lipinski definition) is 3. The van der Waals surface area contributed by atoms with Crippen LogP contribution in [0.25, 0.3) is 0 Å². The van der Waals surface area contributed by atoms with E-state index in [2.05, 4.69) is 24.1 Å². The number of anilines is 1. The lowest BCUT2D eigenvalue weighted by Gasteiger charge is -2.42. The zero-order valence-corrected chi connectivity index (χ0v) is 11.0. The zero-order valence-electron chi connectivity index (χ0n) is 11.0. The fourth-order valence-corrected chi connectivity index (χ4v) is 2.60. The SMILES string of the molecule is CC1(C)CCNC(=O)C(CN)N1c1ccccc1. The number of benzene rings is 1. The van der Waals surface area contributed by atoms with Gasteiger partial charge < -0.3 is 16.0 Å². The second-order valence-electron chi connectivity index (χ2n) is 5.31. The number of para-hydroxylation sites is 1. The fraction of sp³-hybridized carbons (Fsp3) is 0.500. The van der Waals surface area contributed by atoms with Crippen LogP contribution >= 0.6 is 0 Å². The van der Waals surface area contributed by atoms with Crippen molar-refractivity contribution in [1.29, 1.82) is 0 Å². The van der Waals surface area contributed by atoms with E-state index in [0.29, 0.717) is 13.1 Å². The van der Waals surface area contributed by atoms with Crippen molar-refractivity contribution in [2.75, 3.05) is 18.0 Å². The molecule has 1 unspecified atom stereocenters. The Morgan fingerprint density at radius 2 is 2.06 bits per heavy atom. The highest BCUT2D eigenvalue weighted by Crippen LogP contribution is 2.30. The lowest BCUT2D eigenvalue weighted by atomic mass is 9.95. The van der Waals surface area contributed by atoms with Gasteiger partial charge in [0.05, 0.1) is 0 Å². The van der Waals surface area contributed by atoms with Crippen molar-refractivity contribution in [2.24, 2.45) is 5.73 Å². The molecule has 1 saturated heterocycles. The number of rotatable bonds is 2. The van der Waals surface area contributed by atoms with Gasteiger partial charge >= 0.3 is 0 Å². The van der Waals surface area contributed by atoms with Gasteiger partial charge in [-0.1, -0.05) is 18.2 Å². The van der Waals surface area contributed by atoms with E-state index >= 15 is 0 Å². The Bertz CT molecular complexity index is 416. The summed E-state index contributed by atoms with van der Waals surface area (Å²) in [5.41, 5.74) is 6.77. The predicted molar refractivity (Wildman–Crippen MR) is 73.5 cm³/mol. The molecule has 0 spiro atoms. The van der Waals surface area contributed by atoms with Gasteiger partial charge in [-0.2, -0.15) is 0 Å². The lowest BCUT2D eigenvalue weighted by molar-refractivity contribution is -0.121. The van der Waals surface area contributed by atoms with Gasteiger partial charge in [0.25, 0.3) is 0 Å². The third-order valence-electron chi connectivity index (χ3n) is 3.56. The molecule has 98 valence electrons. The molecule has 1 fully saturated rings. The monoisotopic (exact) mass is 247 g/mol. The van der Waals surface area contributed by atoms with E-state index in [0.717, 1.165) is 12.1 Å². The van der Waals surface area contributed by atoms with Crippen LogP contribution in [0.2, 0.25) is 0 Å². The summed E-state index contributed by atoms with van der Waals surface area (Å²) in [5.74, 6) is 0.0203. The van der Waals surface area contributed by atoms with Crippen LogP contribution in [0.4, 0.5) is 5.69 Å². The van der Waals surface area contributed by atoms with Crippen LogP contribution in [-0.4, -0.2) is 30.6 Å². The summed E-state index contributed by atoms with van der Waals surface area (Å²) in [4.78, 5) is 14.2.